The van der Waals surface area contributed by atoms with Crippen LogP contribution in [0.5, 0.6) is 0 Å². The Morgan fingerprint density at radius 3 is 2.57 bits per heavy atom. The van der Waals surface area contributed by atoms with Crippen LogP contribution in [-0.2, 0) is 12.0 Å². The van der Waals surface area contributed by atoms with Gasteiger partial charge in [-0.25, -0.2) is 9.97 Å². The third-order valence-corrected chi connectivity index (χ3v) is 2.99. The zero-order valence-corrected chi connectivity index (χ0v) is 12.5. The van der Waals surface area contributed by atoms with Gasteiger partial charge >= 0.3 is 0 Å². The Labute approximate surface area is 122 Å². The number of hydrogen-bond donors (Lipinski definition) is 1. The molecule has 0 aliphatic heterocycles. The van der Waals surface area contributed by atoms with Crippen LogP contribution in [0.4, 0.5) is 11.5 Å². The molecule has 7 nitrogen and oxygen atoms in total. The molecule has 0 unspecified atom stereocenters. The molecular weight excluding hydrogens is 272 g/mol. The largest absolute Gasteiger partial charge is 0.443 e. The number of hydrogen-bond acceptors (Lipinski definition) is 6. The standard InChI is InChI=1S/C14H18N4O3/c1-9-5-12(15-6-10(9)18(19)20)16-8-13-17-7-11(21-13)14(2,3)4/h5-7H,8H2,1-4H3,(H,15,16). The maximum Gasteiger partial charge on any atom is 0.290 e. The summed E-state index contributed by atoms with van der Waals surface area (Å²) in [5, 5.41) is 13.8. The Kier molecular flexibility index (Phi) is 3.93. The molecule has 0 bridgehead atoms. The zero-order valence-electron chi connectivity index (χ0n) is 12.5. The molecule has 0 amide bonds. The fourth-order valence-corrected chi connectivity index (χ4v) is 1.74. The van der Waals surface area contributed by atoms with Crippen molar-refractivity contribution in [3.05, 3.63) is 45.8 Å². The summed E-state index contributed by atoms with van der Waals surface area (Å²) in [4.78, 5) is 18.5. The smallest absolute Gasteiger partial charge is 0.290 e. The van der Waals surface area contributed by atoms with Crippen LogP contribution in [0.1, 0.15) is 38.0 Å². The van der Waals surface area contributed by atoms with Crippen molar-refractivity contribution in [3.63, 3.8) is 0 Å². The number of aromatic nitrogens is 2. The maximum absolute atomic E-state index is 10.7. The highest BCUT2D eigenvalue weighted by atomic mass is 16.6. The molecule has 0 aliphatic rings. The average molecular weight is 290 g/mol. The first-order chi connectivity index (χ1) is 9.77. The summed E-state index contributed by atoms with van der Waals surface area (Å²) in [6.07, 6.45) is 2.96. The summed E-state index contributed by atoms with van der Waals surface area (Å²) in [5.74, 6) is 1.92. The van der Waals surface area contributed by atoms with E-state index < -0.39 is 4.92 Å². The van der Waals surface area contributed by atoms with Gasteiger partial charge in [0, 0.05) is 11.0 Å². The molecule has 2 aromatic rings. The van der Waals surface area contributed by atoms with E-state index in [9.17, 15) is 10.1 Å². The number of nitro groups is 1. The number of nitrogens with zero attached hydrogens (tertiary/aromatic N) is 3. The fraction of sp³-hybridized carbons (Fsp3) is 0.429. The van der Waals surface area contributed by atoms with Gasteiger partial charge in [0.05, 0.1) is 17.7 Å². The highest BCUT2D eigenvalue weighted by Crippen LogP contribution is 2.23. The first kappa shape index (κ1) is 15.0. The lowest BCUT2D eigenvalue weighted by Gasteiger charge is -2.13. The topological polar surface area (TPSA) is 94.1 Å². The molecule has 2 rings (SSSR count). The summed E-state index contributed by atoms with van der Waals surface area (Å²) in [7, 11) is 0. The van der Waals surface area contributed by atoms with E-state index in [4.69, 9.17) is 4.42 Å². The molecule has 0 saturated carbocycles. The van der Waals surface area contributed by atoms with E-state index in [0.29, 0.717) is 23.8 Å². The minimum absolute atomic E-state index is 0.00620. The van der Waals surface area contributed by atoms with E-state index in [2.05, 4.69) is 15.3 Å². The van der Waals surface area contributed by atoms with Gasteiger partial charge in [-0.3, -0.25) is 10.1 Å². The fourth-order valence-electron chi connectivity index (χ4n) is 1.74. The van der Waals surface area contributed by atoms with Crippen LogP contribution in [-0.4, -0.2) is 14.9 Å². The minimum atomic E-state index is -0.449. The van der Waals surface area contributed by atoms with Crippen LogP contribution in [0.25, 0.3) is 0 Å². The molecule has 0 aliphatic carbocycles. The van der Waals surface area contributed by atoms with Gasteiger partial charge in [0.2, 0.25) is 5.89 Å². The lowest BCUT2D eigenvalue weighted by Crippen LogP contribution is -2.09. The number of oxazole rings is 1. The monoisotopic (exact) mass is 290 g/mol. The van der Waals surface area contributed by atoms with Crippen molar-refractivity contribution < 1.29 is 9.34 Å². The molecule has 0 fully saturated rings. The van der Waals surface area contributed by atoms with Crippen LogP contribution in [0, 0.1) is 17.0 Å². The van der Waals surface area contributed by atoms with Crippen molar-refractivity contribution in [2.45, 2.75) is 39.7 Å². The van der Waals surface area contributed by atoms with E-state index in [0.717, 1.165) is 5.76 Å². The van der Waals surface area contributed by atoms with E-state index in [1.54, 1.807) is 19.2 Å². The van der Waals surface area contributed by atoms with Gasteiger partial charge in [-0.15, -0.1) is 0 Å². The first-order valence-corrected chi connectivity index (χ1v) is 6.57. The van der Waals surface area contributed by atoms with Gasteiger partial charge in [-0.1, -0.05) is 20.8 Å². The van der Waals surface area contributed by atoms with Crippen molar-refractivity contribution >= 4 is 11.5 Å². The molecule has 7 heteroatoms. The molecule has 0 aromatic carbocycles. The third-order valence-electron chi connectivity index (χ3n) is 2.99. The molecule has 2 heterocycles. The van der Waals surface area contributed by atoms with Crippen molar-refractivity contribution in [2.75, 3.05) is 5.32 Å². The summed E-state index contributed by atoms with van der Waals surface area (Å²) in [5.41, 5.74) is 0.472. The van der Waals surface area contributed by atoms with Crippen LogP contribution in [0.3, 0.4) is 0 Å². The molecule has 0 spiro atoms. The normalized spacial score (nSPS) is 11.4. The Morgan fingerprint density at radius 2 is 2.05 bits per heavy atom. The SMILES string of the molecule is Cc1cc(NCc2ncc(C(C)(C)C)o2)ncc1[N+](=O)[O-]. The Bertz CT molecular complexity index is 658. The summed E-state index contributed by atoms with van der Waals surface area (Å²) in [6.45, 7) is 8.19. The van der Waals surface area contributed by atoms with Gasteiger partial charge in [0.25, 0.3) is 5.69 Å². The Morgan fingerprint density at radius 1 is 1.33 bits per heavy atom. The van der Waals surface area contributed by atoms with Crippen LogP contribution >= 0.6 is 0 Å². The van der Waals surface area contributed by atoms with Crippen molar-refractivity contribution in [3.8, 4) is 0 Å². The number of aryl methyl sites for hydroxylation is 1. The predicted octanol–water partition coefficient (Wildman–Crippen LogP) is 3.20. The van der Waals surface area contributed by atoms with Gasteiger partial charge < -0.3 is 9.73 Å². The van der Waals surface area contributed by atoms with Crippen LogP contribution in [0.2, 0.25) is 0 Å². The molecule has 1 N–H and O–H groups in total. The summed E-state index contributed by atoms with van der Waals surface area (Å²) < 4.78 is 5.65. The molecule has 0 atom stereocenters. The second kappa shape index (κ2) is 5.51. The third kappa shape index (κ3) is 3.56. The second-order valence-electron chi connectivity index (χ2n) is 5.83. The molecule has 0 saturated heterocycles. The summed E-state index contributed by atoms with van der Waals surface area (Å²) in [6, 6.07) is 1.63. The molecule has 2 aromatic heterocycles. The number of anilines is 1. The Hall–Kier alpha value is -2.44. The number of pyridine rings is 1. The molecule has 112 valence electrons. The predicted molar refractivity (Wildman–Crippen MR) is 78.2 cm³/mol. The minimum Gasteiger partial charge on any atom is -0.443 e. The second-order valence-corrected chi connectivity index (χ2v) is 5.83. The van der Waals surface area contributed by atoms with Gasteiger partial charge in [-0.05, 0) is 13.0 Å². The molecule has 21 heavy (non-hydrogen) atoms. The first-order valence-electron chi connectivity index (χ1n) is 6.57. The maximum atomic E-state index is 10.7. The average Bonchev–Trinajstić information content (AvgIpc) is 2.84. The van der Waals surface area contributed by atoms with E-state index in [-0.39, 0.29) is 11.1 Å². The lowest BCUT2D eigenvalue weighted by atomic mass is 9.94. The quantitative estimate of drug-likeness (QED) is 0.686. The zero-order chi connectivity index (χ0) is 15.6. The molecular formula is C14H18N4O3. The Balaban J connectivity index is 2.05. The van der Waals surface area contributed by atoms with Crippen molar-refractivity contribution in [2.24, 2.45) is 0 Å². The van der Waals surface area contributed by atoms with Gasteiger partial charge in [0.15, 0.2) is 0 Å². The van der Waals surface area contributed by atoms with Crippen LogP contribution < -0.4 is 5.32 Å². The number of nitrogens with one attached hydrogen (secondary N) is 1. The lowest BCUT2D eigenvalue weighted by molar-refractivity contribution is -0.385. The molecule has 0 radical (unpaired) electrons. The summed E-state index contributed by atoms with van der Waals surface area (Å²) >= 11 is 0. The van der Waals surface area contributed by atoms with E-state index in [1.165, 1.54) is 6.20 Å². The number of rotatable bonds is 4. The van der Waals surface area contributed by atoms with E-state index >= 15 is 0 Å². The van der Waals surface area contributed by atoms with Gasteiger partial charge in [0.1, 0.15) is 17.8 Å². The van der Waals surface area contributed by atoms with Crippen LogP contribution in [0.15, 0.2) is 22.9 Å². The van der Waals surface area contributed by atoms with Crippen molar-refractivity contribution in [1.29, 1.82) is 0 Å². The van der Waals surface area contributed by atoms with Gasteiger partial charge in [-0.2, -0.15) is 0 Å². The highest BCUT2D eigenvalue weighted by Gasteiger charge is 2.19. The van der Waals surface area contributed by atoms with Crippen molar-refractivity contribution in [1.82, 2.24) is 9.97 Å². The highest BCUT2D eigenvalue weighted by molar-refractivity contribution is 5.46. The van der Waals surface area contributed by atoms with E-state index in [1.807, 2.05) is 20.8 Å².